The second-order valence-corrected chi connectivity index (χ2v) is 6.67. The summed E-state index contributed by atoms with van der Waals surface area (Å²) in [6.07, 6.45) is 1.74. The molecular formula is C22H26N4O3. The Kier molecular flexibility index (Phi) is 6.51. The van der Waals surface area contributed by atoms with Crippen LogP contribution in [0, 0.1) is 13.8 Å². The maximum atomic E-state index is 12.6. The van der Waals surface area contributed by atoms with Crippen LogP contribution in [0.3, 0.4) is 0 Å². The maximum absolute atomic E-state index is 12.6. The van der Waals surface area contributed by atoms with Crippen molar-refractivity contribution in [1.29, 1.82) is 0 Å². The van der Waals surface area contributed by atoms with Gasteiger partial charge in [0.1, 0.15) is 5.75 Å². The van der Waals surface area contributed by atoms with Crippen LogP contribution in [-0.2, 0) is 11.3 Å². The van der Waals surface area contributed by atoms with Crippen LogP contribution in [0.5, 0.6) is 5.75 Å². The number of methoxy groups -OCH3 is 2. The Morgan fingerprint density at radius 1 is 1.07 bits per heavy atom. The Morgan fingerprint density at radius 3 is 2.52 bits per heavy atom. The molecule has 0 aliphatic carbocycles. The number of benzene rings is 2. The summed E-state index contributed by atoms with van der Waals surface area (Å²) in [5.41, 5.74) is 4.77. The number of imidazole rings is 1. The zero-order chi connectivity index (χ0) is 20.8. The van der Waals surface area contributed by atoms with E-state index < -0.39 is 0 Å². The van der Waals surface area contributed by atoms with Crippen molar-refractivity contribution in [1.82, 2.24) is 9.55 Å². The lowest BCUT2D eigenvalue weighted by molar-refractivity contribution is 0.188. The highest BCUT2D eigenvalue weighted by Crippen LogP contribution is 2.26. The van der Waals surface area contributed by atoms with E-state index in [4.69, 9.17) is 9.47 Å². The highest BCUT2D eigenvalue weighted by molar-refractivity contribution is 5.99. The molecule has 0 unspecified atom stereocenters. The fraction of sp³-hybridized carbons (Fsp3) is 0.273. The topological polar surface area (TPSA) is 77.4 Å². The second kappa shape index (κ2) is 9.25. The zero-order valence-electron chi connectivity index (χ0n) is 17.2. The predicted molar refractivity (Wildman–Crippen MR) is 115 cm³/mol. The minimum absolute atomic E-state index is 0.343. The predicted octanol–water partition coefficient (Wildman–Crippen LogP) is 4.47. The SMILES string of the molecule is COCCn1c(-c2ccc(OC)cc2)cnc1NC(=O)Nc1cccc(C)c1C. The largest absolute Gasteiger partial charge is 0.497 e. The van der Waals surface area contributed by atoms with E-state index in [1.807, 2.05) is 60.9 Å². The van der Waals surface area contributed by atoms with Gasteiger partial charge >= 0.3 is 6.03 Å². The van der Waals surface area contributed by atoms with Crippen molar-refractivity contribution in [2.45, 2.75) is 20.4 Å². The molecule has 0 saturated carbocycles. The molecule has 0 radical (unpaired) electrons. The van der Waals surface area contributed by atoms with Crippen LogP contribution in [-0.4, -0.2) is 36.4 Å². The Morgan fingerprint density at radius 2 is 1.83 bits per heavy atom. The third kappa shape index (κ3) is 4.75. The van der Waals surface area contributed by atoms with Crippen molar-refractivity contribution in [3.8, 4) is 17.0 Å². The van der Waals surface area contributed by atoms with Crippen molar-refractivity contribution in [2.24, 2.45) is 0 Å². The second-order valence-electron chi connectivity index (χ2n) is 6.67. The lowest BCUT2D eigenvalue weighted by Crippen LogP contribution is -2.23. The number of aromatic nitrogens is 2. The molecule has 3 rings (SSSR count). The number of carbonyl (C=O) groups is 1. The van der Waals surface area contributed by atoms with E-state index in [2.05, 4.69) is 15.6 Å². The normalized spacial score (nSPS) is 10.6. The summed E-state index contributed by atoms with van der Waals surface area (Å²) in [5.74, 6) is 1.23. The average molecular weight is 394 g/mol. The van der Waals surface area contributed by atoms with E-state index in [1.54, 1.807) is 20.4 Å². The molecule has 7 heteroatoms. The van der Waals surface area contributed by atoms with Crippen molar-refractivity contribution in [3.05, 3.63) is 59.8 Å². The third-order valence-electron chi connectivity index (χ3n) is 4.84. The number of nitrogens with zero attached hydrogens (tertiary/aromatic N) is 2. The van der Waals surface area contributed by atoms with Crippen LogP contribution in [0.25, 0.3) is 11.3 Å². The summed E-state index contributed by atoms with van der Waals surface area (Å²) < 4.78 is 12.4. The van der Waals surface area contributed by atoms with E-state index in [0.29, 0.717) is 19.1 Å². The monoisotopic (exact) mass is 394 g/mol. The summed E-state index contributed by atoms with van der Waals surface area (Å²) >= 11 is 0. The van der Waals surface area contributed by atoms with E-state index in [1.165, 1.54) is 0 Å². The summed E-state index contributed by atoms with van der Waals surface area (Å²) in [5, 5.41) is 5.74. The lowest BCUT2D eigenvalue weighted by Gasteiger charge is -2.14. The number of carbonyl (C=O) groups excluding carboxylic acids is 1. The van der Waals surface area contributed by atoms with E-state index in [0.717, 1.165) is 33.8 Å². The molecular weight excluding hydrogens is 368 g/mol. The minimum Gasteiger partial charge on any atom is -0.497 e. The fourth-order valence-corrected chi connectivity index (χ4v) is 3.02. The standard InChI is InChI=1S/C22H26N4O3/c1-15-6-5-7-19(16(15)2)24-22(27)25-21-23-14-20(26(21)12-13-28-3)17-8-10-18(29-4)11-9-17/h5-11,14H,12-13H2,1-4H3,(H2,23,24,25,27). The summed E-state index contributed by atoms with van der Waals surface area (Å²) in [6.45, 7) is 5.03. The number of rotatable bonds is 7. The van der Waals surface area contributed by atoms with Gasteiger partial charge in [0.05, 0.1) is 25.6 Å². The van der Waals surface area contributed by atoms with Gasteiger partial charge in [0.2, 0.25) is 5.95 Å². The number of hydrogen-bond acceptors (Lipinski definition) is 4. The van der Waals surface area contributed by atoms with Gasteiger partial charge in [-0.2, -0.15) is 0 Å². The molecule has 0 spiro atoms. The molecule has 2 aromatic carbocycles. The number of hydrogen-bond donors (Lipinski definition) is 2. The fourth-order valence-electron chi connectivity index (χ4n) is 3.02. The highest BCUT2D eigenvalue weighted by Gasteiger charge is 2.15. The van der Waals surface area contributed by atoms with Crippen molar-refractivity contribution in [2.75, 3.05) is 31.5 Å². The van der Waals surface area contributed by atoms with Crippen molar-refractivity contribution in [3.63, 3.8) is 0 Å². The molecule has 0 aliphatic heterocycles. The van der Waals surface area contributed by atoms with E-state index in [9.17, 15) is 4.79 Å². The molecule has 3 aromatic rings. The van der Waals surface area contributed by atoms with Gasteiger partial charge in [-0.25, -0.2) is 9.78 Å². The van der Waals surface area contributed by atoms with Crippen LogP contribution < -0.4 is 15.4 Å². The van der Waals surface area contributed by atoms with Gasteiger partial charge in [-0.05, 0) is 55.3 Å². The van der Waals surface area contributed by atoms with E-state index >= 15 is 0 Å². The molecule has 0 bridgehead atoms. The maximum Gasteiger partial charge on any atom is 0.326 e. The van der Waals surface area contributed by atoms with Gasteiger partial charge in [-0.15, -0.1) is 0 Å². The Hall–Kier alpha value is -3.32. The molecule has 29 heavy (non-hydrogen) atoms. The average Bonchev–Trinajstić information content (AvgIpc) is 3.12. The number of aryl methyl sites for hydroxylation is 1. The third-order valence-corrected chi connectivity index (χ3v) is 4.84. The molecule has 152 valence electrons. The lowest BCUT2D eigenvalue weighted by atomic mass is 10.1. The van der Waals surface area contributed by atoms with Crippen LogP contribution in [0.15, 0.2) is 48.7 Å². The smallest absolute Gasteiger partial charge is 0.326 e. The summed E-state index contributed by atoms with van der Waals surface area (Å²) in [7, 11) is 3.28. The van der Waals surface area contributed by atoms with Crippen molar-refractivity contribution < 1.29 is 14.3 Å². The Bertz CT molecular complexity index is 980. The molecule has 2 N–H and O–H groups in total. The number of nitrogens with one attached hydrogen (secondary N) is 2. The first-order valence-corrected chi connectivity index (χ1v) is 9.36. The Balaban J connectivity index is 1.83. The van der Waals surface area contributed by atoms with Gasteiger partial charge in [0.15, 0.2) is 0 Å². The van der Waals surface area contributed by atoms with Gasteiger partial charge in [-0.1, -0.05) is 12.1 Å². The molecule has 2 amide bonds. The molecule has 0 atom stereocenters. The van der Waals surface area contributed by atoms with Crippen LogP contribution in [0.1, 0.15) is 11.1 Å². The number of anilines is 2. The molecule has 0 fully saturated rings. The molecule has 0 aliphatic rings. The summed E-state index contributed by atoms with van der Waals surface area (Å²) in [4.78, 5) is 17.0. The molecule has 7 nitrogen and oxygen atoms in total. The highest BCUT2D eigenvalue weighted by atomic mass is 16.5. The number of ether oxygens (including phenoxy) is 2. The first kappa shape index (κ1) is 20.4. The quantitative estimate of drug-likeness (QED) is 0.620. The number of amides is 2. The van der Waals surface area contributed by atoms with E-state index in [-0.39, 0.29) is 6.03 Å². The van der Waals surface area contributed by atoms with Crippen LogP contribution in [0.2, 0.25) is 0 Å². The first-order chi connectivity index (χ1) is 14.0. The molecule has 1 heterocycles. The Labute approximate surface area is 170 Å². The van der Waals surface area contributed by atoms with Gasteiger partial charge < -0.3 is 19.4 Å². The van der Waals surface area contributed by atoms with Gasteiger partial charge in [0.25, 0.3) is 0 Å². The van der Waals surface area contributed by atoms with Crippen molar-refractivity contribution >= 4 is 17.7 Å². The summed E-state index contributed by atoms with van der Waals surface area (Å²) in [6, 6.07) is 13.2. The van der Waals surface area contributed by atoms with Crippen LogP contribution in [0.4, 0.5) is 16.4 Å². The zero-order valence-corrected chi connectivity index (χ0v) is 17.2. The first-order valence-electron chi connectivity index (χ1n) is 9.36. The van der Waals surface area contributed by atoms with Gasteiger partial charge in [-0.3, -0.25) is 5.32 Å². The van der Waals surface area contributed by atoms with Gasteiger partial charge in [0, 0.05) is 24.9 Å². The number of urea groups is 1. The molecule has 0 saturated heterocycles. The van der Waals surface area contributed by atoms with Crippen LogP contribution >= 0.6 is 0 Å². The molecule has 1 aromatic heterocycles. The minimum atomic E-state index is -0.343.